The number of phenolic OH excluding ortho intramolecular Hbond substituents is 1. The van der Waals surface area contributed by atoms with Crippen LogP contribution in [0.15, 0.2) is 58.0 Å². The fourth-order valence-electron chi connectivity index (χ4n) is 3.42. The highest BCUT2D eigenvalue weighted by atomic mass is 79.9. The lowest BCUT2D eigenvalue weighted by atomic mass is 9.98. The minimum absolute atomic E-state index is 0.0448. The SMILES string of the molecule is CC1=Nc2c(-c3ccc(Br)cc3)c(C)nn2[C@@H](c2ccccc2O)C1. The van der Waals surface area contributed by atoms with E-state index in [9.17, 15) is 5.11 Å². The molecule has 1 aliphatic heterocycles. The number of benzene rings is 2. The number of aliphatic imine (C=N–C) groups is 1. The average molecular weight is 396 g/mol. The Morgan fingerprint density at radius 2 is 1.80 bits per heavy atom. The average Bonchev–Trinajstić information content (AvgIpc) is 2.91. The first-order valence-electron chi connectivity index (χ1n) is 8.21. The summed E-state index contributed by atoms with van der Waals surface area (Å²) < 4.78 is 3.00. The number of hydrogen-bond donors (Lipinski definition) is 1. The van der Waals surface area contributed by atoms with Crippen molar-refractivity contribution in [1.29, 1.82) is 0 Å². The van der Waals surface area contributed by atoms with Crippen LogP contribution < -0.4 is 0 Å². The summed E-state index contributed by atoms with van der Waals surface area (Å²) in [6, 6.07) is 15.6. The van der Waals surface area contributed by atoms with E-state index in [4.69, 9.17) is 10.1 Å². The molecule has 4 rings (SSSR count). The number of aromatic hydroxyl groups is 1. The number of para-hydroxylation sites is 1. The van der Waals surface area contributed by atoms with Crippen molar-refractivity contribution >= 4 is 27.5 Å². The molecule has 0 unspecified atom stereocenters. The number of hydrogen-bond acceptors (Lipinski definition) is 3. The molecular formula is C20H18BrN3O. The molecule has 4 nitrogen and oxygen atoms in total. The van der Waals surface area contributed by atoms with Crippen LogP contribution in [0, 0.1) is 6.92 Å². The Labute approximate surface area is 155 Å². The lowest BCUT2D eigenvalue weighted by Gasteiger charge is -2.24. The molecule has 5 heteroatoms. The summed E-state index contributed by atoms with van der Waals surface area (Å²) in [4.78, 5) is 4.79. The second-order valence-electron chi connectivity index (χ2n) is 6.36. The van der Waals surface area contributed by atoms with Crippen LogP contribution in [0.25, 0.3) is 11.1 Å². The first kappa shape index (κ1) is 16.1. The van der Waals surface area contributed by atoms with Gasteiger partial charge >= 0.3 is 0 Å². The molecule has 3 aromatic rings. The van der Waals surface area contributed by atoms with Gasteiger partial charge in [-0.3, -0.25) is 0 Å². The first-order chi connectivity index (χ1) is 12.0. The van der Waals surface area contributed by atoms with Crippen LogP contribution in [0.5, 0.6) is 5.75 Å². The molecule has 0 saturated carbocycles. The third kappa shape index (κ3) is 2.78. The van der Waals surface area contributed by atoms with E-state index < -0.39 is 0 Å². The van der Waals surface area contributed by atoms with Gasteiger partial charge in [-0.25, -0.2) is 9.67 Å². The van der Waals surface area contributed by atoms with Crippen molar-refractivity contribution in [2.75, 3.05) is 0 Å². The highest BCUT2D eigenvalue weighted by molar-refractivity contribution is 9.10. The summed E-state index contributed by atoms with van der Waals surface area (Å²) in [5.74, 6) is 1.16. The number of halogens is 1. The third-order valence-electron chi connectivity index (χ3n) is 4.57. The van der Waals surface area contributed by atoms with Crippen LogP contribution in [0.1, 0.15) is 30.6 Å². The molecule has 2 aromatic carbocycles. The predicted molar refractivity (Wildman–Crippen MR) is 104 cm³/mol. The number of aromatic nitrogens is 2. The normalized spacial score (nSPS) is 16.4. The van der Waals surface area contributed by atoms with Gasteiger partial charge in [0.05, 0.1) is 11.7 Å². The Hall–Kier alpha value is -2.40. The van der Waals surface area contributed by atoms with Crippen molar-refractivity contribution in [1.82, 2.24) is 9.78 Å². The summed E-state index contributed by atoms with van der Waals surface area (Å²) in [6.07, 6.45) is 0.742. The van der Waals surface area contributed by atoms with E-state index in [1.165, 1.54) is 0 Å². The fraction of sp³-hybridized carbons (Fsp3) is 0.200. The molecule has 2 heterocycles. The zero-order valence-corrected chi connectivity index (χ0v) is 15.7. The van der Waals surface area contributed by atoms with Crippen LogP contribution in [-0.2, 0) is 0 Å². The first-order valence-corrected chi connectivity index (χ1v) is 9.01. The minimum atomic E-state index is -0.0448. The number of phenols is 1. The van der Waals surface area contributed by atoms with Gasteiger partial charge in [-0.1, -0.05) is 46.3 Å². The van der Waals surface area contributed by atoms with E-state index in [1.54, 1.807) is 6.07 Å². The van der Waals surface area contributed by atoms with Crippen molar-refractivity contribution < 1.29 is 5.11 Å². The second-order valence-corrected chi connectivity index (χ2v) is 7.28. The van der Waals surface area contributed by atoms with Gasteiger partial charge in [0, 0.05) is 27.7 Å². The topological polar surface area (TPSA) is 50.4 Å². The van der Waals surface area contributed by atoms with E-state index in [0.717, 1.165) is 44.8 Å². The smallest absolute Gasteiger partial charge is 0.159 e. The van der Waals surface area contributed by atoms with Gasteiger partial charge in [-0.2, -0.15) is 5.10 Å². The van der Waals surface area contributed by atoms with Crippen LogP contribution in [-0.4, -0.2) is 20.6 Å². The largest absolute Gasteiger partial charge is 0.508 e. The summed E-state index contributed by atoms with van der Waals surface area (Å²) >= 11 is 3.48. The Balaban J connectivity index is 1.90. The molecule has 1 atom stereocenters. The van der Waals surface area contributed by atoms with Crippen LogP contribution in [0.4, 0.5) is 5.82 Å². The summed E-state index contributed by atoms with van der Waals surface area (Å²) in [7, 11) is 0. The quantitative estimate of drug-likeness (QED) is 0.630. The van der Waals surface area contributed by atoms with Gasteiger partial charge in [0.2, 0.25) is 0 Å². The Bertz CT molecular complexity index is 973. The summed E-state index contributed by atoms with van der Waals surface area (Å²) in [6.45, 7) is 4.04. The van der Waals surface area contributed by atoms with E-state index >= 15 is 0 Å². The zero-order valence-electron chi connectivity index (χ0n) is 14.1. The lowest BCUT2D eigenvalue weighted by molar-refractivity contribution is 0.443. The highest BCUT2D eigenvalue weighted by Crippen LogP contribution is 2.42. The maximum Gasteiger partial charge on any atom is 0.159 e. The molecule has 126 valence electrons. The highest BCUT2D eigenvalue weighted by Gasteiger charge is 2.29. The molecule has 0 saturated heterocycles. The van der Waals surface area contributed by atoms with E-state index in [1.807, 2.05) is 48.9 Å². The van der Waals surface area contributed by atoms with E-state index in [-0.39, 0.29) is 6.04 Å². The summed E-state index contributed by atoms with van der Waals surface area (Å²) in [5.41, 5.74) is 5.00. The van der Waals surface area contributed by atoms with Gasteiger partial charge in [-0.15, -0.1) is 0 Å². The molecule has 25 heavy (non-hydrogen) atoms. The second kappa shape index (κ2) is 6.15. The van der Waals surface area contributed by atoms with Crippen LogP contribution in [0.3, 0.4) is 0 Å². The van der Waals surface area contributed by atoms with Crippen molar-refractivity contribution in [2.24, 2.45) is 4.99 Å². The fourth-order valence-corrected chi connectivity index (χ4v) is 3.68. The van der Waals surface area contributed by atoms with E-state index in [2.05, 4.69) is 28.1 Å². The number of nitrogens with zero attached hydrogens (tertiary/aromatic N) is 3. The maximum absolute atomic E-state index is 10.3. The molecule has 0 bridgehead atoms. The minimum Gasteiger partial charge on any atom is -0.508 e. The summed E-state index contributed by atoms with van der Waals surface area (Å²) in [5, 5.41) is 15.1. The van der Waals surface area contributed by atoms with Crippen molar-refractivity contribution in [2.45, 2.75) is 26.3 Å². The molecule has 1 aliphatic rings. The predicted octanol–water partition coefficient (Wildman–Crippen LogP) is 5.41. The van der Waals surface area contributed by atoms with Gasteiger partial charge in [0.1, 0.15) is 5.75 Å². The van der Waals surface area contributed by atoms with Crippen LogP contribution >= 0.6 is 15.9 Å². The molecule has 1 N–H and O–H groups in total. The van der Waals surface area contributed by atoms with Gasteiger partial charge in [0.15, 0.2) is 5.82 Å². The molecule has 0 amide bonds. The molecule has 1 aromatic heterocycles. The maximum atomic E-state index is 10.3. The molecule has 0 spiro atoms. The van der Waals surface area contributed by atoms with E-state index in [0.29, 0.717) is 5.75 Å². The lowest BCUT2D eigenvalue weighted by Crippen LogP contribution is -2.19. The van der Waals surface area contributed by atoms with Gasteiger partial charge in [-0.05, 0) is 37.6 Å². The van der Waals surface area contributed by atoms with Gasteiger partial charge < -0.3 is 5.11 Å². The Morgan fingerprint density at radius 3 is 2.52 bits per heavy atom. The molecule has 0 aliphatic carbocycles. The molecule has 0 radical (unpaired) electrons. The Morgan fingerprint density at radius 1 is 1.08 bits per heavy atom. The third-order valence-corrected chi connectivity index (χ3v) is 5.10. The zero-order chi connectivity index (χ0) is 17.6. The number of aryl methyl sites for hydroxylation is 1. The van der Waals surface area contributed by atoms with Crippen molar-refractivity contribution in [3.8, 4) is 16.9 Å². The Kier molecular flexibility index (Phi) is 3.96. The monoisotopic (exact) mass is 395 g/mol. The van der Waals surface area contributed by atoms with Crippen molar-refractivity contribution in [3.05, 3.63) is 64.3 Å². The number of rotatable bonds is 2. The molecule has 0 fully saturated rings. The molecular weight excluding hydrogens is 378 g/mol. The van der Waals surface area contributed by atoms with Gasteiger partial charge in [0.25, 0.3) is 0 Å². The van der Waals surface area contributed by atoms with Crippen molar-refractivity contribution in [3.63, 3.8) is 0 Å². The number of fused-ring (bicyclic) bond motifs is 1. The van der Waals surface area contributed by atoms with Crippen LogP contribution in [0.2, 0.25) is 0 Å². The standard InChI is InChI=1S/C20H18BrN3O/c1-12-11-17(16-5-3-4-6-18(16)25)24-20(22-12)19(13(2)23-24)14-7-9-15(21)10-8-14/h3-10,17,25H,11H2,1-2H3/t17-/m1/s1.